The minimum Gasteiger partial charge on any atom is -0.387 e. The number of rotatable bonds is 13. The van der Waals surface area contributed by atoms with Gasteiger partial charge in [-0.25, -0.2) is 33.2 Å². The van der Waals surface area contributed by atoms with Crippen LogP contribution in [0.1, 0.15) is 12.5 Å². The van der Waals surface area contributed by atoms with Crippen LogP contribution in [0.2, 0.25) is 0 Å². The summed E-state index contributed by atoms with van der Waals surface area (Å²) < 4.78 is 75.5. The van der Waals surface area contributed by atoms with Gasteiger partial charge in [-0.1, -0.05) is 4.98 Å². The Kier molecular flexibility index (Phi) is 10.4. The number of anilines is 2. The second-order valence-electron chi connectivity index (χ2n) is 11.3. The van der Waals surface area contributed by atoms with Crippen molar-refractivity contribution in [3.05, 3.63) is 29.3 Å². The van der Waals surface area contributed by atoms with Gasteiger partial charge in [-0.15, -0.1) is 0 Å². The van der Waals surface area contributed by atoms with Crippen molar-refractivity contribution in [3.8, 4) is 0 Å². The molecule has 11 atom stereocenters. The van der Waals surface area contributed by atoms with Gasteiger partial charge in [-0.2, -0.15) is 8.62 Å². The summed E-state index contributed by atoms with van der Waals surface area (Å²) >= 11 is 0. The average molecular weight is 801 g/mol. The molecule has 3 unspecified atom stereocenters. The molecule has 2 saturated heterocycles. The van der Waals surface area contributed by atoms with Crippen LogP contribution in [0, 0.1) is 0 Å². The van der Waals surface area contributed by atoms with Crippen molar-refractivity contribution in [2.45, 2.75) is 49.1 Å². The molecule has 0 aliphatic carbocycles. The highest BCUT2D eigenvalue weighted by molar-refractivity contribution is 7.66. The number of ether oxygens (including phenoxy) is 3. The lowest BCUT2D eigenvalue weighted by molar-refractivity contribution is -0.745. The van der Waals surface area contributed by atoms with Crippen molar-refractivity contribution < 1.29 is 80.1 Å². The topological polar surface area (TPSA) is 387 Å². The molecule has 6 heterocycles. The lowest BCUT2D eigenvalue weighted by Crippen LogP contribution is -2.46. The summed E-state index contributed by atoms with van der Waals surface area (Å²) in [7, 11) is -14.5. The van der Waals surface area contributed by atoms with E-state index in [9.17, 15) is 48.5 Å². The Morgan fingerprint density at radius 3 is 2.21 bits per heavy atom. The van der Waals surface area contributed by atoms with Gasteiger partial charge >= 0.3 is 29.1 Å². The zero-order chi connectivity index (χ0) is 37.9. The van der Waals surface area contributed by atoms with Crippen LogP contribution in [0.15, 0.2) is 23.8 Å². The Bertz CT molecular complexity index is 2180. The number of nitrogens with one attached hydrogen (secondary N) is 1. The van der Waals surface area contributed by atoms with Crippen molar-refractivity contribution in [3.63, 3.8) is 0 Å². The number of phosphoric acid groups is 3. The number of nitrogens with zero attached hydrogens (tertiary/aromatic N) is 7. The molecule has 0 aromatic carbocycles. The number of methoxy groups -OCH3 is 1. The summed E-state index contributed by atoms with van der Waals surface area (Å²) in [5, 5.41) is 31.9. The number of aromatic nitrogens is 8. The predicted octanol–water partition coefficient (Wildman–Crippen LogP) is -3.19. The van der Waals surface area contributed by atoms with E-state index in [2.05, 4.69) is 38.1 Å². The van der Waals surface area contributed by atoms with E-state index in [4.69, 9.17) is 30.2 Å². The van der Waals surface area contributed by atoms with Crippen molar-refractivity contribution in [1.29, 1.82) is 0 Å². The van der Waals surface area contributed by atoms with Crippen LogP contribution < -0.4 is 21.6 Å². The Balaban J connectivity index is 1.05. The highest BCUT2D eigenvalue weighted by atomic mass is 31.3. The van der Waals surface area contributed by atoms with Crippen LogP contribution in [-0.2, 0) is 52.6 Å². The van der Waals surface area contributed by atoms with Crippen LogP contribution in [0.4, 0.5) is 11.8 Å². The summed E-state index contributed by atoms with van der Waals surface area (Å²) in [4.78, 5) is 60.8. The SMILES string of the molecule is CO[C@@H]1[C@H](O)[C@@H](COP(=O)(O)OP(=O)(O)OP(=O)(O)OC[C@H]2O[C@@H]([n+]3cn(C)c4c(=O)[nH]c(N)nc43)[C@H](O)[C@@H]2O)O[C@H]1n1cnc2c(N)ncnc21. The van der Waals surface area contributed by atoms with E-state index >= 15 is 0 Å². The number of H-pyrrole nitrogens is 1. The van der Waals surface area contributed by atoms with Gasteiger partial charge in [0.1, 0.15) is 48.5 Å². The van der Waals surface area contributed by atoms with Crippen LogP contribution in [0.5, 0.6) is 0 Å². The molecule has 30 heteroatoms. The molecule has 286 valence electrons. The van der Waals surface area contributed by atoms with Crippen LogP contribution in [0.3, 0.4) is 0 Å². The number of hydrogen-bond donors (Lipinski definition) is 9. The normalized spacial score (nSPS) is 30.1. The van der Waals surface area contributed by atoms with Crippen molar-refractivity contribution in [2.75, 3.05) is 31.8 Å². The fraction of sp³-hybridized carbons (Fsp3) is 0.545. The predicted molar refractivity (Wildman–Crippen MR) is 166 cm³/mol. The van der Waals surface area contributed by atoms with Gasteiger partial charge in [0.05, 0.1) is 26.6 Å². The van der Waals surface area contributed by atoms with E-state index in [0.29, 0.717) is 0 Å². The van der Waals surface area contributed by atoms with Crippen LogP contribution in [0.25, 0.3) is 22.3 Å². The molecule has 52 heavy (non-hydrogen) atoms. The number of nitrogen functional groups attached to an aromatic ring is 2. The Morgan fingerprint density at radius 1 is 0.942 bits per heavy atom. The smallest absolute Gasteiger partial charge is 0.387 e. The molecule has 27 nitrogen and oxygen atoms in total. The number of aromatic amines is 1. The number of imidazole rings is 2. The lowest BCUT2D eigenvalue weighted by atomic mass is 10.1. The van der Waals surface area contributed by atoms with Crippen molar-refractivity contribution in [1.82, 2.24) is 34.1 Å². The first-order valence-corrected chi connectivity index (χ1v) is 19.1. The Morgan fingerprint density at radius 2 is 1.58 bits per heavy atom. The molecule has 0 amide bonds. The zero-order valence-corrected chi connectivity index (χ0v) is 29.2. The molecule has 4 aromatic heterocycles. The molecule has 4 aromatic rings. The van der Waals surface area contributed by atoms with Crippen molar-refractivity contribution >= 4 is 57.6 Å². The number of nitrogens with two attached hydrogens (primary N) is 2. The monoisotopic (exact) mass is 801 g/mol. The average Bonchev–Trinajstić information content (AvgIpc) is 3.77. The number of aliphatic hydroxyl groups is 3. The summed E-state index contributed by atoms with van der Waals surface area (Å²) in [5.74, 6) is -0.212. The first kappa shape index (κ1) is 38.4. The largest absolute Gasteiger partial charge is 0.490 e. The first-order valence-electron chi connectivity index (χ1n) is 14.6. The third-order valence-electron chi connectivity index (χ3n) is 7.86. The maximum absolute atomic E-state index is 12.6. The quantitative estimate of drug-likeness (QED) is 0.0475. The standard InChI is InChI=1S/C22H31N10O17P3/c1-30-7-32(18-11(30)19(36)29-22(24)28-18)20-14(35)12(33)8(46-20)3-44-50(37,38)48-52(41,42)49-51(39,40)45-4-9-13(34)15(43-2)21(47-9)31-6-27-10-16(23)25-5-26-17(10)31/h5-9,12-15,20-21,33-35H,3-4H2,1-2H3,(H7-,23,24,25,26,28,29,36,37,38,39,40,41,42)/p+1/t8-,9-,12-,13-,14-,15-,20-,21-/m1/s1. The lowest BCUT2D eigenvalue weighted by Gasteiger charge is -2.21. The number of phosphoric ester groups is 2. The molecule has 6 rings (SSSR count). The van der Waals surface area contributed by atoms with E-state index in [0.717, 1.165) is 10.9 Å². The molecule has 2 aliphatic rings. The van der Waals surface area contributed by atoms with Gasteiger partial charge in [-0.3, -0.25) is 28.0 Å². The molecule has 2 aliphatic heterocycles. The minimum atomic E-state index is -5.95. The molecule has 0 radical (unpaired) electrons. The number of hydrogen-bond acceptors (Lipinski definition) is 20. The van der Waals surface area contributed by atoms with Gasteiger partial charge < -0.3 is 55.7 Å². The summed E-state index contributed by atoms with van der Waals surface area (Å²) in [6.45, 7) is -2.01. The summed E-state index contributed by atoms with van der Waals surface area (Å²) in [5.41, 5.74) is 11.2. The Hall–Kier alpha value is -3.33. The van der Waals surface area contributed by atoms with Gasteiger partial charge in [0.2, 0.25) is 11.7 Å². The number of aliphatic hydroxyl groups excluding tert-OH is 3. The molecule has 0 saturated carbocycles. The van der Waals surface area contributed by atoms with Crippen LogP contribution in [-0.4, -0.2) is 121 Å². The second kappa shape index (κ2) is 14.1. The van der Waals surface area contributed by atoms with E-state index < -0.39 is 91.3 Å². The van der Waals surface area contributed by atoms with Crippen LogP contribution >= 0.6 is 23.5 Å². The molecule has 0 bridgehead atoms. The number of aryl methyl sites for hydroxylation is 1. The van der Waals surface area contributed by atoms with Gasteiger partial charge in [0, 0.05) is 7.11 Å². The molecule has 2 fully saturated rings. The molecular weight excluding hydrogens is 769 g/mol. The van der Waals surface area contributed by atoms with E-state index in [1.54, 1.807) is 0 Å². The van der Waals surface area contributed by atoms with Crippen molar-refractivity contribution in [2.24, 2.45) is 7.05 Å². The first-order chi connectivity index (χ1) is 24.3. The molecule has 11 N–H and O–H groups in total. The van der Waals surface area contributed by atoms with E-state index in [-0.39, 0.29) is 34.1 Å². The van der Waals surface area contributed by atoms with Gasteiger partial charge in [0.15, 0.2) is 24.0 Å². The summed E-state index contributed by atoms with van der Waals surface area (Å²) in [6, 6.07) is 0. The fourth-order valence-electron chi connectivity index (χ4n) is 5.60. The molecule has 0 spiro atoms. The highest BCUT2D eigenvalue weighted by Crippen LogP contribution is 2.67. The second-order valence-corrected chi connectivity index (χ2v) is 15.9. The van der Waals surface area contributed by atoms with E-state index in [1.165, 1.54) is 35.9 Å². The minimum absolute atomic E-state index is 0.0244. The molecular formula is C22H32N10O17P3+. The number of fused-ring (bicyclic) bond motifs is 2. The highest BCUT2D eigenvalue weighted by Gasteiger charge is 2.50. The summed E-state index contributed by atoms with van der Waals surface area (Å²) in [6.07, 6.45) is -7.97. The maximum atomic E-state index is 12.6. The third-order valence-corrected chi connectivity index (χ3v) is 12.1. The Labute approximate surface area is 289 Å². The fourth-order valence-corrected chi connectivity index (χ4v) is 9.12. The van der Waals surface area contributed by atoms with Gasteiger partial charge in [-0.05, 0) is 0 Å². The van der Waals surface area contributed by atoms with Gasteiger partial charge in [0.25, 0.3) is 11.5 Å². The van der Waals surface area contributed by atoms with E-state index in [1.807, 2.05) is 0 Å². The zero-order valence-electron chi connectivity index (χ0n) is 26.6. The third kappa shape index (κ3) is 7.53. The maximum Gasteiger partial charge on any atom is 0.490 e.